The third-order valence-corrected chi connectivity index (χ3v) is 4.73. The van der Waals surface area contributed by atoms with Gasteiger partial charge < -0.3 is 0 Å². The fourth-order valence-corrected chi connectivity index (χ4v) is 3.21. The summed E-state index contributed by atoms with van der Waals surface area (Å²) in [6, 6.07) is 12.6. The van der Waals surface area contributed by atoms with Crippen molar-refractivity contribution in [3.8, 4) is 0 Å². The number of rotatable bonds is 3. The van der Waals surface area contributed by atoms with Gasteiger partial charge in [-0.1, -0.05) is 51.1 Å². The second kappa shape index (κ2) is 5.37. The molecule has 0 saturated heterocycles. The van der Waals surface area contributed by atoms with Crippen molar-refractivity contribution < 1.29 is 8.42 Å². The molecule has 1 aromatic carbocycles. The molecule has 1 heterocycles. The van der Waals surface area contributed by atoms with Gasteiger partial charge in [0.2, 0.25) is 0 Å². The van der Waals surface area contributed by atoms with Gasteiger partial charge in [0.1, 0.15) is 0 Å². The molecule has 0 amide bonds. The summed E-state index contributed by atoms with van der Waals surface area (Å²) in [6.45, 7) is 6.39. The first-order chi connectivity index (χ1) is 9.29. The smallest absolute Gasteiger partial charge is 0.199 e. The molecule has 20 heavy (non-hydrogen) atoms. The minimum Gasteiger partial charge on any atom is -0.245 e. The Balaban J connectivity index is 2.23. The molecule has 0 atom stereocenters. The minimum absolute atomic E-state index is 0.0194. The molecule has 106 valence electrons. The second-order valence-electron chi connectivity index (χ2n) is 5.87. The number of hydrogen-bond acceptors (Lipinski definition) is 3. The maximum Gasteiger partial charge on any atom is 0.199 e. The lowest BCUT2D eigenvalue weighted by Crippen LogP contribution is -2.11. The number of hydrogen-bond donors (Lipinski definition) is 0. The van der Waals surface area contributed by atoms with Gasteiger partial charge >= 0.3 is 0 Å². The molecule has 0 unspecified atom stereocenters. The van der Waals surface area contributed by atoms with Crippen molar-refractivity contribution in [2.45, 2.75) is 37.0 Å². The molecule has 0 radical (unpaired) electrons. The van der Waals surface area contributed by atoms with Crippen molar-refractivity contribution in [1.29, 1.82) is 0 Å². The van der Waals surface area contributed by atoms with Crippen molar-refractivity contribution >= 4 is 9.84 Å². The van der Waals surface area contributed by atoms with Gasteiger partial charge in [0.15, 0.2) is 14.9 Å². The monoisotopic (exact) mass is 289 g/mol. The van der Waals surface area contributed by atoms with E-state index in [0.29, 0.717) is 0 Å². The van der Waals surface area contributed by atoms with E-state index in [1.54, 1.807) is 12.1 Å². The maximum atomic E-state index is 12.2. The molecule has 0 spiro atoms. The van der Waals surface area contributed by atoms with Crippen LogP contribution in [0.2, 0.25) is 0 Å². The Kier molecular flexibility index (Phi) is 3.95. The van der Waals surface area contributed by atoms with Crippen molar-refractivity contribution in [3.63, 3.8) is 0 Å². The average Bonchev–Trinajstić information content (AvgIpc) is 2.39. The van der Waals surface area contributed by atoms with Crippen LogP contribution in [0, 0.1) is 0 Å². The van der Waals surface area contributed by atoms with Gasteiger partial charge in [0.25, 0.3) is 0 Å². The molecular weight excluding hydrogens is 270 g/mol. The first-order valence-corrected chi connectivity index (χ1v) is 8.17. The lowest BCUT2D eigenvalue weighted by atomic mass is 9.87. The number of pyridine rings is 1. The highest BCUT2D eigenvalue weighted by Crippen LogP contribution is 2.23. The van der Waals surface area contributed by atoms with Crippen LogP contribution in [0.15, 0.2) is 53.7 Å². The lowest BCUT2D eigenvalue weighted by molar-refractivity contribution is 0.589. The highest BCUT2D eigenvalue weighted by Gasteiger charge is 2.17. The van der Waals surface area contributed by atoms with Gasteiger partial charge in [-0.25, -0.2) is 13.4 Å². The average molecular weight is 289 g/mol. The Morgan fingerprint density at radius 1 is 1.00 bits per heavy atom. The topological polar surface area (TPSA) is 47.0 Å². The Morgan fingerprint density at radius 2 is 1.65 bits per heavy atom. The lowest BCUT2D eigenvalue weighted by Gasteiger charge is -2.19. The van der Waals surface area contributed by atoms with E-state index in [9.17, 15) is 8.42 Å². The van der Waals surface area contributed by atoms with Gasteiger partial charge in [-0.3, -0.25) is 0 Å². The van der Waals surface area contributed by atoms with E-state index < -0.39 is 9.84 Å². The third kappa shape index (κ3) is 3.45. The van der Waals surface area contributed by atoms with Crippen LogP contribution in [-0.4, -0.2) is 13.4 Å². The SMILES string of the molecule is CC(C)(C)c1ccc(CS(=O)(=O)c2ccccn2)cc1. The Bertz CT molecular complexity index is 669. The third-order valence-electron chi connectivity index (χ3n) is 3.13. The summed E-state index contributed by atoms with van der Waals surface area (Å²) in [7, 11) is -3.37. The quantitative estimate of drug-likeness (QED) is 0.870. The molecule has 0 aliphatic carbocycles. The van der Waals surface area contributed by atoms with Crippen LogP contribution in [-0.2, 0) is 21.0 Å². The van der Waals surface area contributed by atoms with Gasteiger partial charge in [0, 0.05) is 6.20 Å². The van der Waals surface area contributed by atoms with E-state index in [1.807, 2.05) is 24.3 Å². The molecule has 4 heteroatoms. The fourth-order valence-electron chi connectivity index (χ4n) is 1.93. The van der Waals surface area contributed by atoms with Gasteiger partial charge in [0.05, 0.1) is 5.75 Å². The predicted molar refractivity (Wildman–Crippen MR) is 80.3 cm³/mol. The fraction of sp³-hybridized carbons (Fsp3) is 0.312. The molecule has 0 aliphatic heterocycles. The van der Waals surface area contributed by atoms with Crippen molar-refractivity contribution in [3.05, 3.63) is 59.8 Å². The van der Waals surface area contributed by atoms with Crippen LogP contribution >= 0.6 is 0 Å². The summed E-state index contributed by atoms with van der Waals surface area (Å²) in [6.07, 6.45) is 1.50. The summed E-state index contributed by atoms with van der Waals surface area (Å²) >= 11 is 0. The predicted octanol–water partition coefficient (Wildman–Crippen LogP) is 3.35. The Labute approximate surface area is 120 Å². The number of sulfone groups is 1. The van der Waals surface area contributed by atoms with Crippen molar-refractivity contribution in [1.82, 2.24) is 4.98 Å². The van der Waals surface area contributed by atoms with Gasteiger partial charge in [-0.15, -0.1) is 0 Å². The van der Waals surface area contributed by atoms with E-state index in [2.05, 4.69) is 25.8 Å². The first-order valence-electron chi connectivity index (χ1n) is 6.52. The number of aromatic nitrogens is 1. The van der Waals surface area contributed by atoms with E-state index >= 15 is 0 Å². The first kappa shape index (κ1) is 14.7. The molecule has 2 rings (SSSR count). The van der Waals surface area contributed by atoms with E-state index in [-0.39, 0.29) is 16.2 Å². The summed E-state index contributed by atoms with van der Waals surface area (Å²) in [5, 5.41) is 0.125. The van der Waals surface area contributed by atoms with E-state index in [0.717, 1.165) is 5.56 Å². The second-order valence-corrected chi connectivity index (χ2v) is 7.81. The van der Waals surface area contributed by atoms with Crippen molar-refractivity contribution in [2.75, 3.05) is 0 Å². The Hall–Kier alpha value is -1.68. The van der Waals surface area contributed by atoms with Gasteiger partial charge in [-0.05, 0) is 28.7 Å². The van der Waals surface area contributed by atoms with Crippen LogP contribution < -0.4 is 0 Å². The van der Waals surface area contributed by atoms with Crippen molar-refractivity contribution in [2.24, 2.45) is 0 Å². The van der Waals surface area contributed by atoms with Crippen LogP contribution in [0.4, 0.5) is 0 Å². The number of benzene rings is 1. The van der Waals surface area contributed by atoms with Crippen LogP contribution in [0.25, 0.3) is 0 Å². The van der Waals surface area contributed by atoms with Crippen LogP contribution in [0.1, 0.15) is 31.9 Å². The standard InChI is InChI=1S/C16H19NO2S/c1-16(2,3)14-9-7-13(8-10-14)12-20(18,19)15-6-4-5-11-17-15/h4-11H,12H2,1-3H3. The zero-order chi connectivity index (χ0) is 14.8. The summed E-state index contributed by atoms with van der Waals surface area (Å²) < 4.78 is 24.4. The summed E-state index contributed by atoms with van der Waals surface area (Å²) in [5.41, 5.74) is 2.04. The normalized spacial score (nSPS) is 12.3. The van der Waals surface area contributed by atoms with E-state index in [1.165, 1.54) is 17.8 Å². The van der Waals surface area contributed by atoms with Crippen LogP contribution in [0.3, 0.4) is 0 Å². The van der Waals surface area contributed by atoms with Gasteiger partial charge in [-0.2, -0.15) is 0 Å². The molecular formula is C16H19NO2S. The van der Waals surface area contributed by atoms with E-state index in [4.69, 9.17) is 0 Å². The zero-order valence-corrected chi connectivity index (χ0v) is 12.8. The molecule has 0 fully saturated rings. The molecule has 3 nitrogen and oxygen atoms in total. The zero-order valence-electron chi connectivity index (χ0n) is 12.0. The molecule has 0 aliphatic rings. The molecule has 0 saturated carbocycles. The summed E-state index contributed by atoms with van der Waals surface area (Å²) in [5.74, 6) is -0.0194. The molecule has 2 aromatic rings. The highest BCUT2D eigenvalue weighted by atomic mass is 32.2. The number of nitrogens with zero attached hydrogens (tertiary/aromatic N) is 1. The molecule has 0 bridgehead atoms. The minimum atomic E-state index is -3.37. The molecule has 1 aromatic heterocycles. The largest absolute Gasteiger partial charge is 0.245 e. The summed E-state index contributed by atoms with van der Waals surface area (Å²) in [4.78, 5) is 3.92. The Morgan fingerprint density at radius 3 is 2.15 bits per heavy atom. The highest BCUT2D eigenvalue weighted by molar-refractivity contribution is 7.90. The molecule has 0 N–H and O–H groups in total. The maximum absolute atomic E-state index is 12.2. The van der Waals surface area contributed by atoms with Crippen LogP contribution in [0.5, 0.6) is 0 Å².